The monoisotopic (exact) mass is 201 g/mol. The molecule has 1 aromatic heterocycles. The maximum Gasteiger partial charge on any atom is 0.320 e. The van der Waals surface area contributed by atoms with Crippen molar-refractivity contribution in [3.8, 4) is 6.01 Å². The molecule has 0 aliphatic carbocycles. The van der Waals surface area contributed by atoms with E-state index in [9.17, 15) is 0 Å². The lowest BCUT2D eigenvalue weighted by Crippen LogP contribution is -2.03. The van der Waals surface area contributed by atoms with Crippen molar-refractivity contribution in [1.82, 2.24) is 15.0 Å². The van der Waals surface area contributed by atoms with Crippen molar-refractivity contribution in [2.75, 3.05) is 6.61 Å². The first-order valence-corrected chi connectivity index (χ1v) is 4.67. The minimum absolute atomic E-state index is 0.196. The highest BCUT2D eigenvalue weighted by Gasteiger charge is 2.03. The van der Waals surface area contributed by atoms with Crippen LogP contribution in [0.25, 0.3) is 0 Å². The lowest BCUT2D eigenvalue weighted by Gasteiger charge is -2.02. The van der Waals surface area contributed by atoms with E-state index >= 15 is 0 Å². The zero-order valence-electron chi connectivity index (χ0n) is 7.75. The highest BCUT2D eigenvalue weighted by molar-refractivity contribution is 6.28. The standard InChI is InChI=1S/C8H12ClN3O/c1-3-5-6-10-7(9)12-8(11-6)13-4-2/h3-5H2,1-2H3. The quantitative estimate of drug-likeness (QED) is 0.746. The Labute approximate surface area is 82.3 Å². The minimum atomic E-state index is 0.196. The highest BCUT2D eigenvalue weighted by Crippen LogP contribution is 2.08. The smallest absolute Gasteiger partial charge is 0.320 e. The molecule has 13 heavy (non-hydrogen) atoms. The largest absolute Gasteiger partial charge is 0.464 e. The molecule has 0 saturated carbocycles. The number of halogens is 1. The second-order valence-electron chi connectivity index (χ2n) is 2.49. The van der Waals surface area contributed by atoms with Crippen LogP contribution < -0.4 is 4.74 Å². The third-order valence-corrected chi connectivity index (χ3v) is 1.55. The van der Waals surface area contributed by atoms with Crippen molar-refractivity contribution in [2.24, 2.45) is 0 Å². The average Bonchev–Trinajstić information content (AvgIpc) is 2.04. The first-order chi connectivity index (χ1) is 6.26. The summed E-state index contributed by atoms with van der Waals surface area (Å²) in [6.45, 7) is 4.46. The summed E-state index contributed by atoms with van der Waals surface area (Å²) in [7, 11) is 0. The molecule has 0 spiro atoms. The van der Waals surface area contributed by atoms with Gasteiger partial charge in [-0.25, -0.2) is 4.98 Å². The lowest BCUT2D eigenvalue weighted by molar-refractivity contribution is 0.309. The van der Waals surface area contributed by atoms with Crippen molar-refractivity contribution in [3.63, 3.8) is 0 Å². The Bertz CT molecular complexity index is 256. The summed E-state index contributed by atoms with van der Waals surface area (Å²) < 4.78 is 5.13. The molecule has 0 bridgehead atoms. The molecule has 1 rings (SSSR count). The lowest BCUT2D eigenvalue weighted by atomic mass is 10.3. The van der Waals surface area contributed by atoms with Gasteiger partial charge < -0.3 is 4.74 Å². The molecule has 1 heterocycles. The van der Waals surface area contributed by atoms with E-state index in [1.165, 1.54) is 0 Å². The van der Waals surface area contributed by atoms with Gasteiger partial charge in [0.05, 0.1) is 6.61 Å². The second kappa shape index (κ2) is 4.97. The molecule has 0 saturated heterocycles. The van der Waals surface area contributed by atoms with E-state index in [0.717, 1.165) is 12.8 Å². The van der Waals surface area contributed by atoms with E-state index in [4.69, 9.17) is 16.3 Å². The van der Waals surface area contributed by atoms with Gasteiger partial charge in [-0.15, -0.1) is 0 Å². The third kappa shape index (κ3) is 3.14. The molecule has 0 aliphatic rings. The van der Waals surface area contributed by atoms with Crippen molar-refractivity contribution in [2.45, 2.75) is 26.7 Å². The summed E-state index contributed by atoms with van der Waals surface area (Å²) in [5.74, 6) is 0.686. The van der Waals surface area contributed by atoms with E-state index in [1.807, 2.05) is 6.92 Å². The summed E-state index contributed by atoms with van der Waals surface area (Å²) in [4.78, 5) is 11.9. The second-order valence-corrected chi connectivity index (χ2v) is 2.82. The van der Waals surface area contributed by atoms with Crippen LogP contribution in [-0.2, 0) is 6.42 Å². The van der Waals surface area contributed by atoms with Gasteiger partial charge in [0.1, 0.15) is 5.82 Å². The molecule has 0 N–H and O–H groups in total. The fourth-order valence-corrected chi connectivity index (χ4v) is 1.07. The molecule has 0 aromatic carbocycles. The summed E-state index contributed by atoms with van der Waals surface area (Å²) in [5.41, 5.74) is 0. The van der Waals surface area contributed by atoms with Gasteiger partial charge in [0.2, 0.25) is 5.28 Å². The van der Waals surface area contributed by atoms with Crippen LogP contribution in [0.5, 0.6) is 6.01 Å². The van der Waals surface area contributed by atoms with Gasteiger partial charge in [0.25, 0.3) is 0 Å². The molecule has 0 aliphatic heterocycles. The number of aryl methyl sites for hydroxylation is 1. The van der Waals surface area contributed by atoms with Crippen molar-refractivity contribution in [1.29, 1.82) is 0 Å². The molecule has 0 amide bonds. The Kier molecular flexibility index (Phi) is 3.89. The zero-order chi connectivity index (χ0) is 9.68. The van der Waals surface area contributed by atoms with E-state index < -0.39 is 0 Å². The average molecular weight is 202 g/mol. The maximum atomic E-state index is 5.68. The fourth-order valence-electron chi connectivity index (χ4n) is 0.900. The van der Waals surface area contributed by atoms with Gasteiger partial charge in [-0.2, -0.15) is 9.97 Å². The number of hydrogen-bond acceptors (Lipinski definition) is 4. The predicted molar refractivity (Wildman–Crippen MR) is 50.0 cm³/mol. The SMILES string of the molecule is CCCc1nc(Cl)nc(OCC)n1. The molecule has 4 nitrogen and oxygen atoms in total. The van der Waals surface area contributed by atoms with Gasteiger partial charge in [-0.05, 0) is 24.9 Å². The Morgan fingerprint density at radius 2 is 2.00 bits per heavy atom. The Hall–Kier alpha value is -0.900. The van der Waals surface area contributed by atoms with Crippen LogP contribution in [0.4, 0.5) is 0 Å². The normalized spacial score (nSPS) is 10.1. The highest BCUT2D eigenvalue weighted by atomic mass is 35.5. The summed E-state index contributed by atoms with van der Waals surface area (Å²) in [5, 5.41) is 0.196. The van der Waals surface area contributed by atoms with Crippen molar-refractivity contribution < 1.29 is 4.74 Å². The Balaban J connectivity index is 2.83. The van der Waals surface area contributed by atoms with Gasteiger partial charge in [-0.3, -0.25) is 0 Å². The zero-order valence-corrected chi connectivity index (χ0v) is 8.51. The number of ether oxygens (including phenoxy) is 1. The fraction of sp³-hybridized carbons (Fsp3) is 0.625. The third-order valence-electron chi connectivity index (χ3n) is 1.38. The van der Waals surface area contributed by atoms with E-state index in [0.29, 0.717) is 18.4 Å². The van der Waals surface area contributed by atoms with Crippen molar-refractivity contribution >= 4 is 11.6 Å². The number of nitrogens with zero attached hydrogens (tertiary/aromatic N) is 3. The van der Waals surface area contributed by atoms with Gasteiger partial charge in [0.15, 0.2) is 0 Å². The molecule has 0 unspecified atom stereocenters. The number of rotatable bonds is 4. The van der Waals surface area contributed by atoms with Gasteiger partial charge >= 0.3 is 6.01 Å². The number of aromatic nitrogens is 3. The van der Waals surface area contributed by atoms with Crippen LogP contribution in [0.2, 0.25) is 5.28 Å². The van der Waals surface area contributed by atoms with Gasteiger partial charge in [0, 0.05) is 6.42 Å². The Morgan fingerprint density at radius 1 is 1.23 bits per heavy atom. The molecule has 1 aromatic rings. The Morgan fingerprint density at radius 3 is 2.62 bits per heavy atom. The molecular weight excluding hydrogens is 190 g/mol. The first-order valence-electron chi connectivity index (χ1n) is 4.29. The van der Waals surface area contributed by atoms with E-state index in [2.05, 4.69) is 21.9 Å². The summed E-state index contributed by atoms with van der Waals surface area (Å²) in [6, 6.07) is 0.311. The van der Waals surface area contributed by atoms with Crippen LogP contribution in [0.1, 0.15) is 26.1 Å². The topological polar surface area (TPSA) is 47.9 Å². The first kappa shape index (κ1) is 10.2. The molecule has 0 radical (unpaired) electrons. The van der Waals surface area contributed by atoms with Crippen LogP contribution in [0.3, 0.4) is 0 Å². The summed E-state index contributed by atoms with van der Waals surface area (Å²) >= 11 is 5.68. The molecule has 72 valence electrons. The molecular formula is C8H12ClN3O. The van der Waals surface area contributed by atoms with Crippen LogP contribution in [0, 0.1) is 0 Å². The van der Waals surface area contributed by atoms with Crippen LogP contribution in [-0.4, -0.2) is 21.6 Å². The predicted octanol–water partition coefficient (Wildman–Crippen LogP) is 1.88. The van der Waals surface area contributed by atoms with E-state index in [-0.39, 0.29) is 5.28 Å². The molecule has 0 fully saturated rings. The summed E-state index contributed by atoms with van der Waals surface area (Å²) in [6.07, 6.45) is 1.77. The maximum absolute atomic E-state index is 5.68. The van der Waals surface area contributed by atoms with Crippen LogP contribution in [0.15, 0.2) is 0 Å². The van der Waals surface area contributed by atoms with E-state index in [1.54, 1.807) is 0 Å². The number of hydrogen-bond donors (Lipinski definition) is 0. The minimum Gasteiger partial charge on any atom is -0.464 e. The van der Waals surface area contributed by atoms with Gasteiger partial charge in [-0.1, -0.05) is 6.92 Å². The van der Waals surface area contributed by atoms with Crippen LogP contribution >= 0.6 is 11.6 Å². The van der Waals surface area contributed by atoms with Crippen molar-refractivity contribution in [3.05, 3.63) is 11.1 Å². The molecule has 5 heteroatoms. The molecule has 0 atom stereocenters.